The van der Waals surface area contributed by atoms with Crippen molar-refractivity contribution in [2.45, 2.75) is 12.5 Å². The van der Waals surface area contributed by atoms with Gasteiger partial charge in [0.25, 0.3) is 5.91 Å². The van der Waals surface area contributed by atoms with Crippen LogP contribution in [0.15, 0.2) is 24.3 Å². The monoisotopic (exact) mass is 295 g/mol. The first-order valence-corrected chi connectivity index (χ1v) is 7.87. The van der Waals surface area contributed by atoms with Gasteiger partial charge in [-0.1, -0.05) is 0 Å². The van der Waals surface area contributed by atoms with Crippen molar-refractivity contribution < 1.29 is 18.9 Å². The fourth-order valence-corrected chi connectivity index (χ4v) is 3.81. The summed E-state index contributed by atoms with van der Waals surface area (Å²) < 4.78 is 12.9. The van der Waals surface area contributed by atoms with Gasteiger partial charge in [-0.3, -0.25) is 9.59 Å². The van der Waals surface area contributed by atoms with Gasteiger partial charge in [-0.15, -0.1) is 0 Å². The van der Waals surface area contributed by atoms with E-state index in [2.05, 4.69) is 0 Å². The van der Waals surface area contributed by atoms with Gasteiger partial charge in [0, 0.05) is 11.5 Å². The zero-order valence-electron chi connectivity index (χ0n) is 11.0. The fraction of sp³-hybridized carbons (Fsp3) is 0.429. The van der Waals surface area contributed by atoms with Gasteiger partial charge in [0.15, 0.2) is 6.04 Å². The van der Waals surface area contributed by atoms with Crippen LogP contribution in [0.1, 0.15) is 6.42 Å². The molecule has 2 aliphatic heterocycles. The van der Waals surface area contributed by atoms with Crippen LogP contribution in [0.2, 0.25) is 0 Å². The van der Waals surface area contributed by atoms with Crippen LogP contribution in [0.5, 0.6) is 0 Å². The third-order valence-electron chi connectivity index (χ3n) is 3.86. The Kier molecular flexibility index (Phi) is 3.76. The molecule has 3 rings (SSSR count). The highest BCUT2D eigenvalue weighted by Gasteiger charge is 2.45. The second kappa shape index (κ2) is 5.54. The van der Waals surface area contributed by atoms with Crippen molar-refractivity contribution in [2.24, 2.45) is 0 Å². The van der Waals surface area contributed by atoms with Crippen LogP contribution in [0.3, 0.4) is 0 Å². The van der Waals surface area contributed by atoms with Crippen LogP contribution < -0.4 is 9.80 Å². The lowest BCUT2D eigenvalue weighted by molar-refractivity contribution is -0.911. The van der Waals surface area contributed by atoms with E-state index in [9.17, 15) is 14.0 Å². The number of anilines is 1. The molecular weight excluding hydrogens is 279 g/mol. The molecule has 2 heterocycles. The number of nitrogens with zero attached hydrogens (tertiary/aromatic N) is 1. The average Bonchev–Trinajstić information content (AvgIpc) is 2.76. The van der Waals surface area contributed by atoms with E-state index in [1.807, 2.05) is 11.8 Å². The maximum Gasteiger partial charge on any atom is 0.292 e. The average molecular weight is 295 g/mol. The Morgan fingerprint density at radius 3 is 2.45 bits per heavy atom. The van der Waals surface area contributed by atoms with E-state index in [0.717, 1.165) is 24.6 Å². The van der Waals surface area contributed by atoms with Crippen LogP contribution in [-0.2, 0) is 9.59 Å². The summed E-state index contributed by atoms with van der Waals surface area (Å²) in [4.78, 5) is 27.0. The van der Waals surface area contributed by atoms with Gasteiger partial charge in [0.1, 0.15) is 5.82 Å². The van der Waals surface area contributed by atoms with E-state index < -0.39 is 0 Å². The first kappa shape index (κ1) is 13.6. The molecule has 1 aromatic rings. The lowest BCUT2D eigenvalue weighted by atomic mass is 10.2. The van der Waals surface area contributed by atoms with E-state index >= 15 is 0 Å². The molecule has 2 aliphatic rings. The summed E-state index contributed by atoms with van der Waals surface area (Å²) >= 11 is 1.89. The Bertz CT molecular complexity index is 528. The number of amides is 2. The Balaban J connectivity index is 1.81. The van der Waals surface area contributed by atoms with Gasteiger partial charge in [-0.05, 0) is 24.3 Å². The second-order valence-electron chi connectivity index (χ2n) is 5.07. The van der Waals surface area contributed by atoms with Crippen molar-refractivity contribution in [3.63, 3.8) is 0 Å². The molecule has 1 atom stereocenters. The molecule has 0 spiro atoms. The summed E-state index contributed by atoms with van der Waals surface area (Å²) in [5.74, 6) is 1.36. The van der Waals surface area contributed by atoms with E-state index in [1.54, 1.807) is 0 Å². The Labute approximate surface area is 120 Å². The lowest BCUT2D eigenvalue weighted by Crippen LogP contribution is -3.18. The Hall–Kier alpha value is -1.40. The van der Waals surface area contributed by atoms with Gasteiger partial charge >= 0.3 is 0 Å². The molecule has 2 saturated heterocycles. The third-order valence-corrected chi connectivity index (χ3v) is 4.84. The van der Waals surface area contributed by atoms with Gasteiger partial charge in [-0.2, -0.15) is 11.8 Å². The van der Waals surface area contributed by atoms with Crippen molar-refractivity contribution in [3.05, 3.63) is 30.1 Å². The summed E-state index contributed by atoms with van der Waals surface area (Å²) in [5, 5.41) is 0. The number of hydrogen-bond acceptors (Lipinski definition) is 3. The minimum absolute atomic E-state index is 0.150. The summed E-state index contributed by atoms with van der Waals surface area (Å²) in [6.07, 6.45) is 0.260. The molecule has 0 radical (unpaired) electrons. The highest BCUT2D eigenvalue weighted by atomic mass is 32.2. The zero-order valence-corrected chi connectivity index (χ0v) is 11.8. The molecule has 0 bridgehead atoms. The Morgan fingerprint density at radius 2 is 1.80 bits per heavy atom. The molecular formula is C14H16FN2O2S+. The number of nitrogens with one attached hydrogen (secondary N) is 1. The lowest BCUT2D eigenvalue weighted by Gasteiger charge is -2.27. The molecule has 2 amide bonds. The zero-order chi connectivity index (χ0) is 14.1. The normalized spacial score (nSPS) is 24.4. The number of carbonyl (C=O) groups excluding carboxylic acids is 2. The summed E-state index contributed by atoms with van der Waals surface area (Å²) in [6.45, 7) is 1.84. The summed E-state index contributed by atoms with van der Waals surface area (Å²) in [5.41, 5.74) is 0.467. The molecule has 0 aliphatic carbocycles. The second-order valence-corrected chi connectivity index (χ2v) is 6.30. The molecule has 1 N–H and O–H groups in total. The van der Waals surface area contributed by atoms with Crippen LogP contribution in [-0.4, -0.2) is 42.5 Å². The van der Waals surface area contributed by atoms with Crippen LogP contribution in [0.25, 0.3) is 0 Å². The smallest absolute Gasteiger partial charge is 0.292 e. The number of benzene rings is 1. The highest BCUT2D eigenvalue weighted by Crippen LogP contribution is 2.22. The first-order chi connectivity index (χ1) is 9.66. The van der Waals surface area contributed by atoms with Crippen molar-refractivity contribution in [3.8, 4) is 0 Å². The van der Waals surface area contributed by atoms with Crippen molar-refractivity contribution >= 4 is 29.3 Å². The van der Waals surface area contributed by atoms with E-state index in [4.69, 9.17) is 0 Å². The topological polar surface area (TPSA) is 41.8 Å². The molecule has 0 aromatic heterocycles. The molecule has 1 aromatic carbocycles. The molecule has 106 valence electrons. The summed E-state index contributed by atoms with van der Waals surface area (Å²) in [7, 11) is 0. The molecule has 4 nitrogen and oxygen atoms in total. The maximum atomic E-state index is 12.9. The fourth-order valence-electron chi connectivity index (χ4n) is 2.79. The molecule has 0 unspecified atom stereocenters. The van der Waals surface area contributed by atoms with Crippen LogP contribution in [0.4, 0.5) is 10.1 Å². The SMILES string of the molecule is O=C1C[C@H]([NH+]2CCSCC2)C(=O)N1c1ccc(F)cc1. The minimum Gasteiger partial charge on any atom is -0.323 e. The van der Waals surface area contributed by atoms with Crippen LogP contribution >= 0.6 is 11.8 Å². The number of hydrogen-bond donors (Lipinski definition) is 1. The Morgan fingerprint density at radius 1 is 1.15 bits per heavy atom. The predicted octanol–water partition coefficient (Wildman–Crippen LogP) is 0.0893. The third kappa shape index (κ3) is 2.45. The summed E-state index contributed by atoms with van der Waals surface area (Å²) in [6, 6.07) is 5.24. The van der Waals surface area contributed by atoms with E-state index in [0.29, 0.717) is 5.69 Å². The quantitative estimate of drug-likeness (QED) is 0.786. The highest BCUT2D eigenvalue weighted by molar-refractivity contribution is 7.99. The molecule has 20 heavy (non-hydrogen) atoms. The number of carbonyl (C=O) groups is 2. The van der Waals surface area contributed by atoms with Gasteiger partial charge in [0.05, 0.1) is 25.2 Å². The number of quaternary nitrogens is 1. The molecule has 6 heteroatoms. The van der Waals surface area contributed by atoms with Crippen LogP contribution in [0, 0.1) is 5.82 Å². The van der Waals surface area contributed by atoms with Crippen molar-refractivity contribution in [1.29, 1.82) is 0 Å². The number of thioether (sulfide) groups is 1. The van der Waals surface area contributed by atoms with Crippen molar-refractivity contribution in [2.75, 3.05) is 29.5 Å². The number of halogens is 1. The van der Waals surface area contributed by atoms with Gasteiger partial charge in [0.2, 0.25) is 5.91 Å². The van der Waals surface area contributed by atoms with Gasteiger partial charge < -0.3 is 4.90 Å². The first-order valence-electron chi connectivity index (χ1n) is 6.71. The van der Waals surface area contributed by atoms with Crippen molar-refractivity contribution in [1.82, 2.24) is 0 Å². The van der Waals surface area contributed by atoms with E-state index in [1.165, 1.54) is 34.1 Å². The standard InChI is InChI=1S/C14H15FN2O2S/c15-10-1-3-11(4-2-10)17-13(18)9-12(14(17)19)16-5-7-20-8-6-16/h1-4,12H,5-9H2/p+1/t12-/m0/s1. The van der Waals surface area contributed by atoms with E-state index in [-0.39, 0.29) is 30.1 Å². The maximum absolute atomic E-state index is 12.9. The molecule has 0 saturated carbocycles. The minimum atomic E-state index is -0.372. The largest absolute Gasteiger partial charge is 0.323 e. The predicted molar refractivity (Wildman–Crippen MR) is 75.3 cm³/mol. The number of imide groups is 1. The van der Waals surface area contributed by atoms with Gasteiger partial charge in [-0.25, -0.2) is 9.29 Å². The molecule has 2 fully saturated rings. The number of rotatable bonds is 2.